The molecule has 4 rings (SSSR count). The minimum atomic E-state index is -3.68. The first-order valence-electron chi connectivity index (χ1n) is 10.9. The van der Waals surface area contributed by atoms with E-state index < -0.39 is 16.1 Å². The summed E-state index contributed by atoms with van der Waals surface area (Å²) in [5.74, 6) is 0.742. The van der Waals surface area contributed by atoms with Gasteiger partial charge in [0.1, 0.15) is 0 Å². The minimum absolute atomic E-state index is 0.0411. The Balaban J connectivity index is 1.38. The van der Waals surface area contributed by atoms with Crippen LogP contribution in [0.3, 0.4) is 0 Å². The van der Waals surface area contributed by atoms with E-state index >= 15 is 0 Å². The number of nitrogens with one attached hydrogen (secondary N) is 1. The largest absolute Gasteiger partial charge is 0.390 e. The fourth-order valence-electron chi connectivity index (χ4n) is 5.18. The predicted octanol–water partition coefficient (Wildman–Crippen LogP) is 3.52. The fraction of sp³-hybridized carbons (Fsp3) is 0.565. The molecule has 1 heterocycles. The van der Waals surface area contributed by atoms with Crippen molar-refractivity contribution >= 4 is 20.8 Å². The Hall–Kier alpha value is -1.47. The first kappa shape index (κ1) is 20.8. The highest BCUT2D eigenvalue weighted by Crippen LogP contribution is 2.34. The standard InChI is InChI=1S/C23H32N2O3S/c26-20(17-25-15-7-13-22(25)19-9-2-1-3-10-19)16-24-29(27,28)23-14-6-11-18-8-4-5-12-21(18)23/h4-6,8,11-12,14,19-20,22,24,26H,1-3,7,9-10,13,15-17H2/t20-,22?/m0/s1. The molecule has 2 N–H and O–H groups in total. The van der Waals surface area contributed by atoms with Gasteiger partial charge in [-0.1, -0.05) is 55.7 Å². The van der Waals surface area contributed by atoms with Crippen molar-refractivity contribution in [1.82, 2.24) is 9.62 Å². The van der Waals surface area contributed by atoms with Crippen molar-refractivity contribution < 1.29 is 13.5 Å². The third-order valence-corrected chi connectivity index (χ3v) is 8.08. The lowest BCUT2D eigenvalue weighted by Gasteiger charge is -2.35. The minimum Gasteiger partial charge on any atom is -0.390 e. The zero-order valence-electron chi connectivity index (χ0n) is 17.0. The molecule has 0 radical (unpaired) electrons. The predicted molar refractivity (Wildman–Crippen MR) is 116 cm³/mol. The van der Waals surface area contributed by atoms with Gasteiger partial charge in [-0.2, -0.15) is 0 Å². The van der Waals surface area contributed by atoms with Crippen LogP contribution in [-0.4, -0.2) is 50.2 Å². The van der Waals surface area contributed by atoms with Gasteiger partial charge >= 0.3 is 0 Å². The topological polar surface area (TPSA) is 69.6 Å². The number of nitrogens with zero attached hydrogens (tertiary/aromatic N) is 1. The number of benzene rings is 2. The van der Waals surface area contributed by atoms with E-state index in [0.29, 0.717) is 18.0 Å². The maximum absolute atomic E-state index is 12.9. The second kappa shape index (κ2) is 9.13. The zero-order chi connectivity index (χ0) is 20.3. The molecule has 1 aliphatic carbocycles. The van der Waals surface area contributed by atoms with Gasteiger partial charge in [0.05, 0.1) is 11.0 Å². The van der Waals surface area contributed by atoms with Crippen LogP contribution in [0, 0.1) is 5.92 Å². The number of aliphatic hydroxyl groups excluding tert-OH is 1. The van der Waals surface area contributed by atoms with E-state index in [0.717, 1.165) is 17.8 Å². The fourth-order valence-corrected chi connectivity index (χ4v) is 6.48. The summed E-state index contributed by atoms with van der Waals surface area (Å²) in [4.78, 5) is 2.66. The van der Waals surface area contributed by atoms with Crippen molar-refractivity contribution in [2.24, 2.45) is 5.92 Å². The van der Waals surface area contributed by atoms with Gasteiger partial charge in [0, 0.05) is 24.5 Å². The van der Waals surface area contributed by atoms with Gasteiger partial charge < -0.3 is 5.11 Å². The number of likely N-dealkylation sites (tertiary alicyclic amines) is 1. The van der Waals surface area contributed by atoms with Crippen LogP contribution >= 0.6 is 0 Å². The molecule has 1 unspecified atom stereocenters. The lowest BCUT2D eigenvalue weighted by Crippen LogP contribution is -2.44. The normalized spacial score (nSPS) is 22.9. The summed E-state index contributed by atoms with van der Waals surface area (Å²) in [7, 11) is -3.68. The molecule has 1 saturated carbocycles. The molecule has 0 spiro atoms. The van der Waals surface area contributed by atoms with Gasteiger partial charge in [0.25, 0.3) is 0 Å². The summed E-state index contributed by atoms with van der Waals surface area (Å²) in [5, 5.41) is 12.2. The molecular formula is C23H32N2O3S. The molecular weight excluding hydrogens is 384 g/mol. The van der Waals surface area contributed by atoms with Crippen LogP contribution in [0.15, 0.2) is 47.4 Å². The highest BCUT2D eigenvalue weighted by atomic mass is 32.2. The molecule has 2 aliphatic rings. The average Bonchev–Trinajstić information content (AvgIpc) is 3.20. The lowest BCUT2D eigenvalue weighted by molar-refractivity contribution is 0.0827. The van der Waals surface area contributed by atoms with Gasteiger partial charge in [-0.25, -0.2) is 13.1 Å². The van der Waals surface area contributed by atoms with E-state index in [4.69, 9.17) is 0 Å². The summed E-state index contributed by atoms with van der Waals surface area (Å²) in [6.45, 7) is 1.59. The molecule has 0 aromatic heterocycles. The van der Waals surface area contributed by atoms with E-state index in [1.165, 1.54) is 44.9 Å². The quantitative estimate of drug-likeness (QED) is 0.725. The van der Waals surface area contributed by atoms with Crippen molar-refractivity contribution in [1.29, 1.82) is 0 Å². The molecule has 2 aromatic rings. The summed E-state index contributed by atoms with van der Waals surface area (Å²) in [6.07, 6.45) is 8.26. The summed E-state index contributed by atoms with van der Waals surface area (Å²) in [5.41, 5.74) is 0. The van der Waals surface area contributed by atoms with Crippen molar-refractivity contribution in [2.45, 2.75) is 62.0 Å². The van der Waals surface area contributed by atoms with Crippen molar-refractivity contribution in [3.05, 3.63) is 42.5 Å². The van der Waals surface area contributed by atoms with Crippen LogP contribution in [0.1, 0.15) is 44.9 Å². The molecule has 2 aromatic carbocycles. The van der Waals surface area contributed by atoms with Gasteiger partial charge in [0.2, 0.25) is 10.0 Å². The van der Waals surface area contributed by atoms with Crippen LogP contribution < -0.4 is 4.72 Å². The number of β-amino-alcohol motifs (C(OH)–C–C–N with tert-alkyl or cyclic N) is 1. The maximum atomic E-state index is 12.9. The molecule has 1 aliphatic heterocycles. The first-order valence-corrected chi connectivity index (χ1v) is 12.4. The van der Waals surface area contributed by atoms with Crippen molar-refractivity contribution in [2.75, 3.05) is 19.6 Å². The maximum Gasteiger partial charge on any atom is 0.241 e. The number of sulfonamides is 1. The van der Waals surface area contributed by atoms with Gasteiger partial charge in [-0.3, -0.25) is 4.90 Å². The number of hydrogen-bond donors (Lipinski definition) is 2. The third-order valence-electron chi connectivity index (χ3n) is 6.60. The monoisotopic (exact) mass is 416 g/mol. The lowest BCUT2D eigenvalue weighted by atomic mass is 9.83. The van der Waals surface area contributed by atoms with Gasteiger partial charge in [0.15, 0.2) is 0 Å². The van der Waals surface area contributed by atoms with Crippen LogP contribution in [0.5, 0.6) is 0 Å². The Labute approximate surface area is 174 Å². The highest BCUT2D eigenvalue weighted by Gasteiger charge is 2.33. The second-order valence-corrected chi connectivity index (χ2v) is 10.3. The molecule has 0 amide bonds. The van der Waals surface area contributed by atoms with Crippen LogP contribution in [0.4, 0.5) is 0 Å². The number of rotatable bonds is 7. The smallest absolute Gasteiger partial charge is 0.241 e. The number of hydrogen-bond acceptors (Lipinski definition) is 4. The van der Waals surface area contributed by atoms with Crippen LogP contribution in [-0.2, 0) is 10.0 Å². The Morgan fingerprint density at radius 1 is 1.00 bits per heavy atom. The van der Waals surface area contributed by atoms with Gasteiger partial charge in [-0.05, 0) is 49.6 Å². The molecule has 2 atom stereocenters. The van der Waals surface area contributed by atoms with Gasteiger partial charge in [-0.15, -0.1) is 0 Å². The number of aliphatic hydroxyl groups is 1. The molecule has 29 heavy (non-hydrogen) atoms. The molecule has 5 nitrogen and oxygen atoms in total. The van der Waals surface area contributed by atoms with Crippen molar-refractivity contribution in [3.63, 3.8) is 0 Å². The highest BCUT2D eigenvalue weighted by molar-refractivity contribution is 7.89. The Kier molecular flexibility index (Phi) is 6.54. The number of fused-ring (bicyclic) bond motifs is 1. The van der Waals surface area contributed by atoms with E-state index in [-0.39, 0.29) is 11.4 Å². The second-order valence-electron chi connectivity index (χ2n) is 8.59. The SMILES string of the molecule is O=S(=O)(NC[C@H](O)CN1CCCC1C1CCCCC1)c1cccc2ccccc12. The third kappa shape index (κ3) is 4.82. The summed E-state index contributed by atoms with van der Waals surface area (Å²) < 4.78 is 28.4. The molecule has 1 saturated heterocycles. The molecule has 0 bridgehead atoms. The van der Waals surface area contributed by atoms with E-state index in [9.17, 15) is 13.5 Å². The Morgan fingerprint density at radius 2 is 1.76 bits per heavy atom. The zero-order valence-corrected chi connectivity index (χ0v) is 17.8. The average molecular weight is 417 g/mol. The van der Waals surface area contributed by atoms with E-state index in [1.54, 1.807) is 12.1 Å². The van der Waals surface area contributed by atoms with Crippen molar-refractivity contribution in [3.8, 4) is 0 Å². The molecule has 158 valence electrons. The first-order chi connectivity index (χ1) is 14.0. The van der Waals surface area contributed by atoms with E-state index in [1.807, 2.05) is 30.3 Å². The molecule has 2 fully saturated rings. The summed E-state index contributed by atoms with van der Waals surface area (Å²) >= 11 is 0. The molecule has 6 heteroatoms. The summed E-state index contributed by atoms with van der Waals surface area (Å²) in [6, 6.07) is 13.3. The van der Waals surface area contributed by atoms with E-state index in [2.05, 4.69) is 9.62 Å². The Bertz CT molecular complexity index is 919. The Morgan fingerprint density at radius 3 is 2.59 bits per heavy atom. The van der Waals surface area contributed by atoms with Crippen LogP contribution in [0.25, 0.3) is 10.8 Å². The van der Waals surface area contributed by atoms with Crippen LogP contribution in [0.2, 0.25) is 0 Å².